The van der Waals surface area contributed by atoms with Gasteiger partial charge in [0, 0.05) is 5.39 Å². The van der Waals surface area contributed by atoms with Gasteiger partial charge in [-0.3, -0.25) is 4.79 Å². The molecule has 1 heterocycles. The largest absolute Gasteiger partial charge is 0.506 e. The summed E-state index contributed by atoms with van der Waals surface area (Å²) in [6.45, 7) is 0. The lowest BCUT2D eigenvalue weighted by molar-refractivity contribution is 0.102. The first-order valence-corrected chi connectivity index (χ1v) is 7.24. The van der Waals surface area contributed by atoms with Gasteiger partial charge in [-0.2, -0.15) is 0 Å². The Labute approximate surface area is 137 Å². The van der Waals surface area contributed by atoms with Crippen molar-refractivity contribution in [3.05, 3.63) is 64.9 Å². The number of phenols is 1. The van der Waals surface area contributed by atoms with Gasteiger partial charge >= 0.3 is 0 Å². The molecule has 0 saturated heterocycles. The number of ether oxygens (including phenoxy) is 1. The average Bonchev–Trinajstić information content (AvgIpc) is 2.99. The summed E-state index contributed by atoms with van der Waals surface area (Å²) < 4.78 is 10.8. The van der Waals surface area contributed by atoms with Crippen LogP contribution in [0.3, 0.4) is 0 Å². The minimum atomic E-state index is -0.271. The zero-order valence-corrected chi connectivity index (χ0v) is 13.0. The van der Waals surface area contributed by atoms with E-state index in [4.69, 9.17) is 20.8 Å². The lowest BCUT2D eigenvalue weighted by Crippen LogP contribution is -1.90. The molecular weight excluding hydrogens is 316 g/mol. The van der Waals surface area contributed by atoms with Gasteiger partial charge in [0.05, 0.1) is 12.1 Å². The van der Waals surface area contributed by atoms with E-state index in [2.05, 4.69) is 0 Å². The van der Waals surface area contributed by atoms with Crippen molar-refractivity contribution < 1.29 is 19.1 Å². The molecule has 0 aliphatic rings. The second kappa shape index (κ2) is 6.18. The van der Waals surface area contributed by atoms with Crippen LogP contribution in [-0.2, 0) is 0 Å². The van der Waals surface area contributed by atoms with E-state index in [-0.39, 0.29) is 22.3 Å². The predicted molar refractivity (Wildman–Crippen MR) is 89.2 cm³/mol. The van der Waals surface area contributed by atoms with Crippen LogP contribution in [-0.4, -0.2) is 18.0 Å². The first-order valence-electron chi connectivity index (χ1n) is 6.86. The Bertz CT molecular complexity index is 909. The van der Waals surface area contributed by atoms with E-state index in [1.807, 2.05) is 12.1 Å². The summed E-state index contributed by atoms with van der Waals surface area (Å²) in [5, 5.41) is 10.4. The van der Waals surface area contributed by atoms with Crippen LogP contribution in [0.2, 0.25) is 5.02 Å². The van der Waals surface area contributed by atoms with Crippen molar-refractivity contribution in [1.29, 1.82) is 0 Å². The Kier molecular flexibility index (Phi) is 4.08. The number of benzene rings is 2. The molecule has 116 valence electrons. The molecule has 1 N–H and O–H groups in total. The SMILES string of the molecule is COc1cccc2cc(C(=O)/C=C/c3ccc(O)c(Cl)c3)oc12. The molecular formula is C18H13ClO4. The van der Waals surface area contributed by atoms with Gasteiger partial charge in [-0.15, -0.1) is 0 Å². The number of allylic oxidation sites excluding steroid dienone is 1. The molecule has 0 amide bonds. The molecule has 3 rings (SSSR count). The van der Waals surface area contributed by atoms with E-state index >= 15 is 0 Å². The summed E-state index contributed by atoms with van der Waals surface area (Å²) in [5.74, 6) is 0.536. The van der Waals surface area contributed by atoms with Gasteiger partial charge in [0.2, 0.25) is 5.78 Å². The minimum absolute atomic E-state index is 0.000442. The number of methoxy groups -OCH3 is 1. The van der Waals surface area contributed by atoms with Crippen molar-refractivity contribution in [2.75, 3.05) is 7.11 Å². The first-order chi connectivity index (χ1) is 11.1. The molecule has 0 spiro atoms. The standard InChI is InChI=1S/C18H13ClO4/c1-22-16-4-2-3-12-10-17(23-18(12)16)15(21)8-6-11-5-7-14(20)13(19)9-11/h2-10,20H,1H3/b8-6+. The molecule has 0 aliphatic heterocycles. The van der Waals surface area contributed by atoms with Gasteiger partial charge in [0.15, 0.2) is 17.1 Å². The van der Waals surface area contributed by atoms with E-state index in [1.54, 1.807) is 37.5 Å². The zero-order chi connectivity index (χ0) is 16.4. The van der Waals surface area contributed by atoms with Crippen LogP contribution < -0.4 is 4.74 Å². The summed E-state index contributed by atoms with van der Waals surface area (Å²) >= 11 is 5.83. The number of phenolic OH excluding ortho intramolecular Hbond substituents is 1. The third-order valence-electron chi connectivity index (χ3n) is 3.37. The number of aromatic hydroxyl groups is 1. The molecule has 5 heteroatoms. The number of furan rings is 1. The van der Waals surface area contributed by atoms with Crippen molar-refractivity contribution in [1.82, 2.24) is 0 Å². The zero-order valence-electron chi connectivity index (χ0n) is 12.2. The number of para-hydroxylation sites is 1. The maximum Gasteiger partial charge on any atom is 0.221 e. The number of carbonyl (C=O) groups excluding carboxylic acids is 1. The highest BCUT2D eigenvalue weighted by molar-refractivity contribution is 6.32. The number of hydrogen-bond acceptors (Lipinski definition) is 4. The number of rotatable bonds is 4. The van der Waals surface area contributed by atoms with Gasteiger partial charge in [0.1, 0.15) is 5.75 Å². The predicted octanol–water partition coefficient (Wildman–Crippen LogP) is 4.70. The number of carbonyl (C=O) groups is 1. The average molecular weight is 329 g/mol. The van der Waals surface area contributed by atoms with Gasteiger partial charge in [-0.05, 0) is 35.9 Å². The number of fused-ring (bicyclic) bond motifs is 1. The Hall–Kier alpha value is -2.72. The van der Waals surface area contributed by atoms with Crippen molar-refractivity contribution >= 4 is 34.4 Å². The smallest absolute Gasteiger partial charge is 0.221 e. The van der Waals surface area contributed by atoms with Crippen LogP contribution in [0.15, 0.2) is 53.0 Å². The van der Waals surface area contributed by atoms with E-state index in [0.29, 0.717) is 16.9 Å². The van der Waals surface area contributed by atoms with E-state index in [9.17, 15) is 9.90 Å². The molecule has 0 fully saturated rings. The highest BCUT2D eigenvalue weighted by Gasteiger charge is 2.12. The molecule has 1 aromatic heterocycles. The Morgan fingerprint density at radius 3 is 2.83 bits per heavy atom. The maximum atomic E-state index is 12.2. The number of halogens is 1. The third kappa shape index (κ3) is 3.07. The van der Waals surface area contributed by atoms with Crippen LogP contribution in [0.25, 0.3) is 17.0 Å². The first kappa shape index (κ1) is 15.2. The summed E-state index contributed by atoms with van der Waals surface area (Å²) in [7, 11) is 1.55. The second-order valence-corrected chi connectivity index (χ2v) is 5.30. The van der Waals surface area contributed by atoms with Crippen molar-refractivity contribution in [2.45, 2.75) is 0 Å². The Balaban J connectivity index is 1.88. The monoisotopic (exact) mass is 328 g/mol. The van der Waals surface area contributed by atoms with E-state index in [1.165, 1.54) is 12.1 Å². The quantitative estimate of drug-likeness (QED) is 0.557. The van der Waals surface area contributed by atoms with Crippen LogP contribution >= 0.6 is 11.6 Å². The van der Waals surface area contributed by atoms with Crippen LogP contribution in [0.1, 0.15) is 16.1 Å². The van der Waals surface area contributed by atoms with E-state index < -0.39 is 0 Å². The second-order valence-electron chi connectivity index (χ2n) is 4.90. The normalized spacial score (nSPS) is 11.2. The maximum absolute atomic E-state index is 12.2. The highest BCUT2D eigenvalue weighted by atomic mass is 35.5. The lowest BCUT2D eigenvalue weighted by atomic mass is 10.1. The molecule has 0 bridgehead atoms. The fourth-order valence-corrected chi connectivity index (χ4v) is 2.39. The molecule has 23 heavy (non-hydrogen) atoms. The lowest BCUT2D eigenvalue weighted by Gasteiger charge is -1.98. The minimum Gasteiger partial charge on any atom is -0.506 e. The molecule has 0 aliphatic carbocycles. The van der Waals surface area contributed by atoms with Crippen molar-refractivity contribution in [3.63, 3.8) is 0 Å². The van der Waals surface area contributed by atoms with Crippen LogP contribution in [0.5, 0.6) is 11.5 Å². The molecule has 3 aromatic rings. The topological polar surface area (TPSA) is 59.7 Å². The molecule has 0 atom stereocenters. The van der Waals surface area contributed by atoms with E-state index in [0.717, 1.165) is 5.39 Å². The molecule has 4 nitrogen and oxygen atoms in total. The third-order valence-corrected chi connectivity index (χ3v) is 3.67. The van der Waals surface area contributed by atoms with Crippen LogP contribution in [0.4, 0.5) is 0 Å². The van der Waals surface area contributed by atoms with Crippen LogP contribution in [0, 0.1) is 0 Å². The molecule has 2 aromatic carbocycles. The molecule has 0 saturated carbocycles. The summed E-state index contributed by atoms with van der Waals surface area (Å²) in [6, 6.07) is 11.8. The Morgan fingerprint density at radius 2 is 2.09 bits per heavy atom. The number of ketones is 1. The fraction of sp³-hybridized carbons (Fsp3) is 0.0556. The van der Waals surface area contributed by atoms with Gasteiger partial charge in [-0.25, -0.2) is 0 Å². The van der Waals surface area contributed by atoms with Gasteiger partial charge < -0.3 is 14.3 Å². The molecule has 0 unspecified atom stereocenters. The summed E-state index contributed by atoms with van der Waals surface area (Å²) in [6.07, 6.45) is 3.00. The number of hydrogen-bond donors (Lipinski definition) is 1. The summed E-state index contributed by atoms with van der Waals surface area (Å²) in [4.78, 5) is 12.2. The van der Waals surface area contributed by atoms with Crippen molar-refractivity contribution in [2.24, 2.45) is 0 Å². The van der Waals surface area contributed by atoms with Crippen molar-refractivity contribution in [3.8, 4) is 11.5 Å². The van der Waals surface area contributed by atoms with Gasteiger partial charge in [0.25, 0.3) is 0 Å². The highest BCUT2D eigenvalue weighted by Crippen LogP contribution is 2.29. The van der Waals surface area contributed by atoms with Gasteiger partial charge in [-0.1, -0.05) is 35.9 Å². The molecule has 0 radical (unpaired) electrons. The fourth-order valence-electron chi connectivity index (χ4n) is 2.20. The Morgan fingerprint density at radius 1 is 1.26 bits per heavy atom. The summed E-state index contributed by atoms with van der Waals surface area (Å²) in [5.41, 5.74) is 1.24.